The zero-order chi connectivity index (χ0) is 12.0. The van der Waals surface area contributed by atoms with E-state index in [0.29, 0.717) is 0 Å². The van der Waals surface area contributed by atoms with Crippen molar-refractivity contribution in [2.24, 2.45) is 0 Å². The van der Waals surface area contributed by atoms with Crippen molar-refractivity contribution in [3.8, 4) is 0 Å². The van der Waals surface area contributed by atoms with Gasteiger partial charge < -0.3 is 10.0 Å². The quantitative estimate of drug-likeness (QED) is 0.798. The smallest absolute Gasteiger partial charge is 0.0908 e. The second-order valence-electron chi connectivity index (χ2n) is 4.70. The van der Waals surface area contributed by atoms with Crippen molar-refractivity contribution in [3.63, 3.8) is 0 Å². The summed E-state index contributed by atoms with van der Waals surface area (Å²) in [5.41, 5.74) is 0.374. The van der Waals surface area contributed by atoms with Gasteiger partial charge in [0, 0.05) is 6.54 Å². The summed E-state index contributed by atoms with van der Waals surface area (Å²) in [5, 5.41) is 10.7. The highest BCUT2D eigenvalue weighted by atomic mass is 16.3. The summed E-state index contributed by atoms with van der Waals surface area (Å²) in [7, 11) is 4.08. The highest BCUT2D eigenvalue weighted by Crippen LogP contribution is 2.29. The molecule has 0 amide bonds. The van der Waals surface area contributed by atoms with Crippen LogP contribution in [0.1, 0.15) is 31.7 Å². The van der Waals surface area contributed by atoms with E-state index < -0.39 is 5.60 Å². The summed E-state index contributed by atoms with van der Waals surface area (Å²) in [6.45, 7) is 3.02. The van der Waals surface area contributed by atoms with Crippen LogP contribution in [0.15, 0.2) is 30.3 Å². The Morgan fingerprint density at radius 1 is 1.12 bits per heavy atom. The summed E-state index contributed by atoms with van der Waals surface area (Å²) < 4.78 is 0. The maximum atomic E-state index is 10.7. The topological polar surface area (TPSA) is 23.5 Å². The Kier molecular flexibility index (Phi) is 4.97. The zero-order valence-electron chi connectivity index (χ0n) is 10.6. The first kappa shape index (κ1) is 13.2. The molecule has 0 radical (unpaired) electrons. The molecule has 0 aliphatic carbocycles. The van der Waals surface area contributed by atoms with Gasteiger partial charge in [0.15, 0.2) is 0 Å². The van der Waals surface area contributed by atoms with Crippen molar-refractivity contribution in [3.05, 3.63) is 35.9 Å². The van der Waals surface area contributed by atoms with Crippen LogP contribution in [0, 0.1) is 0 Å². The van der Waals surface area contributed by atoms with Crippen LogP contribution in [0.5, 0.6) is 0 Å². The standard InChI is InChI=1S/C14H23NO/c1-4-10-14(16,11-12-15(2)3)13-8-6-5-7-9-13/h5-9,16H,4,10-12H2,1-3H3. The van der Waals surface area contributed by atoms with Gasteiger partial charge in [-0.25, -0.2) is 0 Å². The molecule has 0 saturated heterocycles. The first-order valence-corrected chi connectivity index (χ1v) is 6.01. The van der Waals surface area contributed by atoms with Gasteiger partial charge >= 0.3 is 0 Å². The molecule has 1 aromatic carbocycles. The SMILES string of the molecule is CCCC(O)(CCN(C)C)c1ccccc1. The van der Waals surface area contributed by atoms with E-state index in [2.05, 4.69) is 11.8 Å². The molecular weight excluding hydrogens is 198 g/mol. The van der Waals surface area contributed by atoms with Gasteiger partial charge in [-0.2, -0.15) is 0 Å². The molecule has 0 aliphatic rings. The molecule has 1 N–H and O–H groups in total. The van der Waals surface area contributed by atoms with Gasteiger partial charge in [-0.1, -0.05) is 43.7 Å². The molecule has 1 atom stereocenters. The molecule has 2 heteroatoms. The van der Waals surface area contributed by atoms with E-state index >= 15 is 0 Å². The molecule has 0 fully saturated rings. The van der Waals surface area contributed by atoms with Crippen LogP contribution >= 0.6 is 0 Å². The fraction of sp³-hybridized carbons (Fsp3) is 0.571. The van der Waals surface area contributed by atoms with Crippen molar-refractivity contribution in [2.45, 2.75) is 31.8 Å². The van der Waals surface area contributed by atoms with E-state index in [1.807, 2.05) is 44.4 Å². The van der Waals surface area contributed by atoms with Gasteiger partial charge in [-0.15, -0.1) is 0 Å². The Balaban J connectivity index is 2.79. The molecule has 0 aliphatic heterocycles. The van der Waals surface area contributed by atoms with Gasteiger partial charge in [0.05, 0.1) is 5.60 Å². The van der Waals surface area contributed by atoms with Crippen LogP contribution in [0.3, 0.4) is 0 Å². The molecule has 90 valence electrons. The van der Waals surface area contributed by atoms with Crippen molar-refractivity contribution >= 4 is 0 Å². The lowest BCUT2D eigenvalue weighted by atomic mass is 9.86. The van der Waals surface area contributed by atoms with Crippen LogP contribution in [0.4, 0.5) is 0 Å². The highest BCUT2D eigenvalue weighted by molar-refractivity contribution is 5.22. The van der Waals surface area contributed by atoms with E-state index in [-0.39, 0.29) is 0 Å². The molecule has 0 saturated carbocycles. The molecule has 1 rings (SSSR count). The Morgan fingerprint density at radius 3 is 2.25 bits per heavy atom. The summed E-state index contributed by atoms with van der Waals surface area (Å²) in [5.74, 6) is 0. The molecule has 2 nitrogen and oxygen atoms in total. The predicted octanol–water partition coefficient (Wildman–Crippen LogP) is 2.63. The average molecular weight is 221 g/mol. The van der Waals surface area contributed by atoms with Crippen LogP contribution in [-0.2, 0) is 5.60 Å². The van der Waals surface area contributed by atoms with Gasteiger partial charge in [0.2, 0.25) is 0 Å². The monoisotopic (exact) mass is 221 g/mol. The molecule has 1 aromatic rings. The minimum atomic E-state index is -0.666. The maximum absolute atomic E-state index is 10.7. The van der Waals surface area contributed by atoms with Crippen molar-refractivity contribution in [1.82, 2.24) is 4.90 Å². The van der Waals surface area contributed by atoms with Crippen molar-refractivity contribution in [2.75, 3.05) is 20.6 Å². The van der Waals surface area contributed by atoms with Crippen LogP contribution in [-0.4, -0.2) is 30.6 Å². The molecule has 0 aromatic heterocycles. The molecular formula is C14H23NO. The van der Waals surface area contributed by atoms with E-state index in [4.69, 9.17) is 0 Å². The normalized spacial score (nSPS) is 15.1. The lowest BCUT2D eigenvalue weighted by Gasteiger charge is -2.29. The first-order chi connectivity index (χ1) is 7.58. The number of benzene rings is 1. The number of hydrogen-bond acceptors (Lipinski definition) is 2. The third-order valence-electron chi connectivity index (χ3n) is 2.95. The van der Waals surface area contributed by atoms with Crippen LogP contribution in [0.2, 0.25) is 0 Å². The van der Waals surface area contributed by atoms with Gasteiger partial charge in [-0.05, 0) is 32.5 Å². The van der Waals surface area contributed by atoms with Crippen LogP contribution in [0.25, 0.3) is 0 Å². The summed E-state index contributed by atoms with van der Waals surface area (Å²) in [6, 6.07) is 10.0. The Hall–Kier alpha value is -0.860. The lowest BCUT2D eigenvalue weighted by molar-refractivity contribution is 0.0117. The highest BCUT2D eigenvalue weighted by Gasteiger charge is 2.27. The fourth-order valence-electron chi connectivity index (χ4n) is 1.98. The molecule has 16 heavy (non-hydrogen) atoms. The van der Waals surface area contributed by atoms with Gasteiger partial charge in [-0.3, -0.25) is 0 Å². The number of nitrogens with zero attached hydrogens (tertiary/aromatic N) is 1. The third-order valence-corrected chi connectivity index (χ3v) is 2.95. The predicted molar refractivity (Wildman–Crippen MR) is 68.4 cm³/mol. The summed E-state index contributed by atoms with van der Waals surface area (Å²) in [4.78, 5) is 2.11. The molecule has 0 spiro atoms. The third kappa shape index (κ3) is 3.62. The first-order valence-electron chi connectivity index (χ1n) is 6.01. The largest absolute Gasteiger partial charge is 0.385 e. The van der Waals surface area contributed by atoms with Gasteiger partial charge in [0.1, 0.15) is 0 Å². The summed E-state index contributed by atoms with van der Waals surface area (Å²) >= 11 is 0. The second kappa shape index (κ2) is 6.02. The van der Waals surface area contributed by atoms with E-state index in [9.17, 15) is 5.11 Å². The minimum Gasteiger partial charge on any atom is -0.385 e. The second-order valence-corrected chi connectivity index (χ2v) is 4.70. The number of rotatable bonds is 6. The fourth-order valence-corrected chi connectivity index (χ4v) is 1.98. The van der Waals surface area contributed by atoms with E-state index in [1.54, 1.807) is 0 Å². The number of hydrogen-bond donors (Lipinski definition) is 1. The molecule has 0 heterocycles. The van der Waals surface area contributed by atoms with Crippen molar-refractivity contribution < 1.29 is 5.11 Å². The Labute approximate surface area is 98.9 Å². The minimum absolute atomic E-state index is 0.666. The zero-order valence-corrected chi connectivity index (χ0v) is 10.6. The van der Waals surface area contributed by atoms with E-state index in [1.165, 1.54) is 0 Å². The summed E-state index contributed by atoms with van der Waals surface area (Å²) in [6.07, 6.45) is 2.61. The van der Waals surface area contributed by atoms with Crippen molar-refractivity contribution in [1.29, 1.82) is 0 Å². The Morgan fingerprint density at radius 2 is 1.75 bits per heavy atom. The maximum Gasteiger partial charge on any atom is 0.0908 e. The van der Waals surface area contributed by atoms with Crippen LogP contribution < -0.4 is 0 Å². The average Bonchev–Trinajstić information content (AvgIpc) is 2.28. The lowest BCUT2D eigenvalue weighted by Crippen LogP contribution is -2.30. The Bertz CT molecular complexity index is 297. The molecule has 1 unspecified atom stereocenters. The molecule has 0 bridgehead atoms. The van der Waals surface area contributed by atoms with E-state index in [0.717, 1.165) is 31.4 Å². The van der Waals surface area contributed by atoms with Gasteiger partial charge in [0.25, 0.3) is 0 Å². The number of aliphatic hydroxyl groups is 1.